The van der Waals surface area contributed by atoms with Crippen LogP contribution in [0.15, 0.2) is 18.2 Å². The lowest BCUT2D eigenvalue weighted by Crippen LogP contribution is -2.28. The smallest absolute Gasteiger partial charge is 0.119 e. The Hall–Kier alpha value is -1.22. The minimum atomic E-state index is 0.122. The van der Waals surface area contributed by atoms with Crippen LogP contribution < -0.4 is 5.32 Å². The molecule has 3 N–H and O–H groups in total. The predicted octanol–water partition coefficient (Wildman–Crippen LogP) is 3.96. The van der Waals surface area contributed by atoms with Gasteiger partial charge in [0.25, 0.3) is 0 Å². The Balaban J connectivity index is 1.81. The Labute approximate surface area is 122 Å². The summed E-state index contributed by atoms with van der Waals surface area (Å²) in [6, 6.07) is 4.94. The fourth-order valence-corrected chi connectivity index (χ4v) is 3.17. The third-order valence-electron chi connectivity index (χ3n) is 4.68. The Morgan fingerprint density at radius 1 is 1.05 bits per heavy atom. The molecule has 3 nitrogen and oxygen atoms in total. The van der Waals surface area contributed by atoms with Gasteiger partial charge in [0.2, 0.25) is 0 Å². The van der Waals surface area contributed by atoms with Crippen LogP contribution in [0.1, 0.15) is 57.6 Å². The molecule has 3 heteroatoms. The second kappa shape index (κ2) is 6.98. The van der Waals surface area contributed by atoms with E-state index in [0.717, 1.165) is 23.9 Å². The molecule has 0 aliphatic heterocycles. The molecule has 0 heterocycles. The summed E-state index contributed by atoms with van der Waals surface area (Å²) >= 11 is 0. The minimum Gasteiger partial charge on any atom is -0.508 e. The summed E-state index contributed by atoms with van der Waals surface area (Å²) in [5.41, 5.74) is 0.935. The predicted molar refractivity (Wildman–Crippen MR) is 81.9 cm³/mol. The summed E-state index contributed by atoms with van der Waals surface area (Å²) in [4.78, 5) is 0. The molecular weight excluding hydrogens is 250 g/mol. The van der Waals surface area contributed by atoms with Crippen LogP contribution in [-0.2, 0) is 0 Å². The van der Waals surface area contributed by atoms with E-state index < -0.39 is 0 Å². The molecule has 1 saturated carbocycles. The molecule has 1 aliphatic rings. The fourth-order valence-electron chi connectivity index (χ4n) is 3.17. The van der Waals surface area contributed by atoms with E-state index in [0.29, 0.717) is 0 Å². The summed E-state index contributed by atoms with van der Waals surface area (Å²) in [7, 11) is 0. The SMILES string of the molecule is CCC1CCC(CNC(C)c2cc(O)cc(O)c2)CC1. The van der Waals surface area contributed by atoms with Crippen molar-refractivity contribution in [1.29, 1.82) is 0 Å². The topological polar surface area (TPSA) is 52.5 Å². The number of aromatic hydroxyl groups is 2. The van der Waals surface area contributed by atoms with Crippen LogP contribution in [0.3, 0.4) is 0 Å². The standard InChI is InChI=1S/C17H27NO2/c1-3-13-4-6-14(7-5-13)11-18-12(2)15-8-16(19)10-17(20)9-15/h8-10,12-14,18-20H,3-7,11H2,1-2H3. The molecule has 1 fully saturated rings. The largest absolute Gasteiger partial charge is 0.508 e. The first-order chi connectivity index (χ1) is 9.58. The Bertz CT molecular complexity index is 405. The fraction of sp³-hybridized carbons (Fsp3) is 0.647. The molecule has 0 radical (unpaired) electrons. The van der Waals surface area contributed by atoms with Crippen LogP contribution in [0.4, 0.5) is 0 Å². The van der Waals surface area contributed by atoms with Gasteiger partial charge >= 0.3 is 0 Å². The van der Waals surface area contributed by atoms with Crippen molar-refractivity contribution >= 4 is 0 Å². The lowest BCUT2D eigenvalue weighted by atomic mass is 9.81. The molecule has 1 unspecified atom stereocenters. The Kier molecular flexibility index (Phi) is 5.30. The van der Waals surface area contributed by atoms with E-state index >= 15 is 0 Å². The molecule has 0 aromatic heterocycles. The second-order valence-electron chi connectivity index (χ2n) is 6.21. The van der Waals surface area contributed by atoms with Crippen molar-refractivity contribution in [3.8, 4) is 11.5 Å². The zero-order valence-electron chi connectivity index (χ0n) is 12.6. The Morgan fingerprint density at radius 3 is 2.15 bits per heavy atom. The maximum atomic E-state index is 9.53. The van der Waals surface area contributed by atoms with E-state index in [1.165, 1.54) is 38.2 Å². The second-order valence-corrected chi connectivity index (χ2v) is 6.21. The molecule has 0 saturated heterocycles. The zero-order valence-corrected chi connectivity index (χ0v) is 12.6. The van der Waals surface area contributed by atoms with E-state index in [4.69, 9.17) is 0 Å². The van der Waals surface area contributed by atoms with E-state index in [-0.39, 0.29) is 17.5 Å². The van der Waals surface area contributed by atoms with Gasteiger partial charge in [-0.3, -0.25) is 0 Å². The van der Waals surface area contributed by atoms with Crippen molar-refractivity contribution in [2.45, 2.75) is 52.0 Å². The average Bonchev–Trinajstić information content (AvgIpc) is 2.44. The van der Waals surface area contributed by atoms with Gasteiger partial charge in [0, 0.05) is 12.1 Å². The zero-order chi connectivity index (χ0) is 14.5. The van der Waals surface area contributed by atoms with Crippen molar-refractivity contribution in [3.63, 3.8) is 0 Å². The van der Waals surface area contributed by atoms with E-state index in [9.17, 15) is 10.2 Å². The summed E-state index contributed by atoms with van der Waals surface area (Å²) in [6.45, 7) is 5.39. The maximum absolute atomic E-state index is 9.53. The van der Waals surface area contributed by atoms with E-state index in [2.05, 4.69) is 19.2 Å². The molecule has 20 heavy (non-hydrogen) atoms. The highest BCUT2D eigenvalue weighted by Crippen LogP contribution is 2.31. The molecule has 1 aromatic rings. The van der Waals surface area contributed by atoms with Gasteiger partial charge in [-0.15, -0.1) is 0 Å². The number of phenolic OH excluding ortho intramolecular Hbond substituents is 2. The number of hydrogen-bond acceptors (Lipinski definition) is 3. The molecule has 112 valence electrons. The minimum absolute atomic E-state index is 0.122. The number of hydrogen-bond donors (Lipinski definition) is 3. The highest BCUT2D eigenvalue weighted by molar-refractivity contribution is 5.37. The highest BCUT2D eigenvalue weighted by Gasteiger charge is 2.20. The van der Waals surface area contributed by atoms with Gasteiger partial charge in [0.15, 0.2) is 0 Å². The van der Waals surface area contributed by atoms with Crippen LogP contribution >= 0.6 is 0 Å². The highest BCUT2D eigenvalue weighted by atomic mass is 16.3. The van der Waals surface area contributed by atoms with Crippen LogP contribution in [0.5, 0.6) is 11.5 Å². The lowest BCUT2D eigenvalue weighted by Gasteiger charge is -2.29. The van der Waals surface area contributed by atoms with E-state index in [1.807, 2.05) is 0 Å². The summed E-state index contributed by atoms with van der Waals surface area (Å²) in [6.07, 6.45) is 6.69. The van der Waals surface area contributed by atoms with Crippen LogP contribution in [0.2, 0.25) is 0 Å². The van der Waals surface area contributed by atoms with Gasteiger partial charge in [-0.2, -0.15) is 0 Å². The molecule has 1 aromatic carbocycles. The van der Waals surface area contributed by atoms with Crippen LogP contribution in [0, 0.1) is 11.8 Å². The molecule has 1 aliphatic carbocycles. The number of benzene rings is 1. The number of nitrogens with one attached hydrogen (secondary N) is 1. The van der Waals surface area contributed by atoms with Crippen molar-refractivity contribution < 1.29 is 10.2 Å². The van der Waals surface area contributed by atoms with Crippen molar-refractivity contribution in [2.75, 3.05) is 6.54 Å². The maximum Gasteiger partial charge on any atom is 0.119 e. The van der Waals surface area contributed by atoms with Crippen LogP contribution in [0.25, 0.3) is 0 Å². The normalized spacial score (nSPS) is 24.5. The first-order valence-corrected chi connectivity index (χ1v) is 7.84. The monoisotopic (exact) mass is 277 g/mol. The molecule has 0 spiro atoms. The quantitative estimate of drug-likeness (QED) is 0.763. The summed E-state index contributed by atoms with van der Waals surface area (Å²) < 4.78 is 0. The van der Waals surface area contributed by atoms with Gasteiger partial charge in [-0.05, 0) is 55.8 Å². The van der Waals surface area contributed by atoms with Gasteiger partial charge < -0.3 is 15.5 Å². The first kappa shape index (κ1) is 15.2. The van der Waals surface area contributed by atoms with Crippen molar-refractivity contribution in [3.05, 3.63) is 23.8 Å². The van der Waals surface area contributed by atoms with Gasteiger partial charge in [-0.1, -0.05) is 26.2 Å². The van der Waals surface area contributed by atoms with Crippen molar-refractivity contribution in [2.24, 2.45) is 11.8 Å². The molecule has 1 atom stereocenters. The number of phenols is 2. The van der Waals surface area contributed by atoms with Crippen LogP contribution in [-0.4, -0.2) is 16.8 Å². The first-order valence-electron chi connectivity index (χ1n) is 7.84. The van der Waals surface area contributed by atoms with E-state index in [1.54, 1.807) is 12.1 Å². The summed E-state index contributed by atoms with van der Waals surface area (Å²) in [5, 5.41) is 22.6. The lowest BCUT2D eigenvalue weighted by molar-refractivity contribution is 0.258. The van der Waals surface area contributed by atoms with Gasteiger partial charge in [-0.25, -0.2) is 0 Å². The number of rotatable bonds is 5. The molecular formula is C17H27NO2. The third kappa shape index (κ3) is 4.14. The molecule has 2 rings (SSSR count). The molecule has 0 amide bonds. The molecule has 0 bridgehead atoms. The third-order valence-corrected chi connectivity index (χ3v) is 4.68. The average molecular weight is 277 g/mol. The Morgan fingerprint density at radius 2 is 1.60 bits per heavy atom. The van der Waals surface area contributed by atoms with Gasteiger partial charge in [0.1, 0.15) is 11.5 Å². The summed E-state index contributed by atoms with van der Waals surface area (Å²) in [5.74, 6) is 1.95. The van der Waals surface area contributed by atoms with Crippen molar-refractivity contribution in [1.82, 2.24) is 5.32 Å². The van der Waals surface area contributed by atoms with Gasteiger partial charge in [0.05, 0.1) is 0 Å².